The first-order valence-electron chi connectivity index (χ1n) is 11.3. The largest absolute Gasteiger partial charge is 2.00 e. The second-order valence-electron chi connectivity index (χ2n) is 8.21. The minimum atomic E-state index is 0. The number of benzene rings is 3. The molecule has 0 bridgehead atoms. The third-order valence-electron chi connectivity index (χ3n) is 5.43. The molecule has 0 saturated carbocycles. The first-order chi connectivity index (χ1) is 16.0. The van der Waals surface area contributed by atoms with Gasteiger partial charge in [-0.1, -0.05) is 79.8 Å². The summed E-state index contributed by atoms with van der Waals surface area (Å²) in [5, 5.41) is 6.95. The molecule has 0 aliphatic heterocycles. The molecule has 0 aliphatic carbocycles. The van der Waals surface area contributed by atoms with Crippen molar-refractivity contribution in [3.8, 4) is 11.1 Å². The number of hydrogen-bond acceptors (Lipinski definition) is 0. The minimum Gasteiger partial charge on any atom is -0.165 e. The standard InChI is InChI=1S/C16H13.C11H12P.C5H8.Ti/c1-12-10-14-8-5-9-15(16(14)11-12)13-6-3-2-4-7-13;1-12(2)11-7-9-5-3-4-6-10(9)8-11;1-3-5-4-2;/h2-11H,1H3;3-8H,1-2H3;3-5H,1H2,2H3;/q2*-1;;+2. The summed E-state index contributed by atoms with van der Waals surface area (Å²) in [6, 6.07) is 34.7. The summed E-state index contributed by atoms with van der Waals surface area (Å²) in [6.45, 7) is 12.2. The summed E-state index contributed by atoms with van der Waals surface area (Å²) < 4.78 is 0. The molecule has 0 heterocycles. The molecule has 0 spiro atoms. The summed E-state index contributed by atoms with van der Waals surface area (Å²) in [7, 11) is 0.0576. The second kappa shape index (κ2) is 14.0. The van der Waals surface area contributed by atoms with Crippen molar-refractivity contribution in [2.45, 2.75) is 13.8 Å². The van der Waals surface area contributed by atoms with Gasteiger partial charge in [0.25, 0.3) is 0 Å². The summed E-state index contributed by atoms with van der Waals surface area (Å²) in [5.41, 5.74) is 3.95. The van der Waals surface area contributed by atoms with Gasteiger partial charge in [0.05, 0.1) is 0 Å². The van der Waals surface area contributed by atoms with E-state index in [1.807, 2.05) is 19.1 Å². The first-order valence-corrected chi connectivity index (χ1v) is 13.5. The van der Waals surface area contributed by atoms with E-state index in [-0.39, 0.29) is 29.6 Å². The summed E-state index contributed by atoms with van der Waals surface area (Å²) in [5.74, 6) is 0. The Morgan fingerprint density at radius 3 is 2.09 bits per heavy atom. The summed E-state index contributed by atoms with van der Waals surface area (Å²) in [6.07, 6.45) is 5.58. The van der Waals surface area contributed by atoms with Crippen molar-refractivity contribution in [3.05, 3.63) is 127 Å². The van der Waals surface area contributed by atoms with Crippen LogP contribution in [0, 0.1) is 6.92 Å². The van der Waals surface area contributed by atoms with Crippen LogP contribution in [0.25, 0.3) is 32.7 Å². The van der Waals surface area contributed by atoms with Gasteiger partial charge in [-0.05, 0) is 25.8 Å². The van der Waals surface area contributed by atoms with Gasteiger partial charge in [-0.2, -0.15) is 12.1 Å². The molecule has 0 aliphatic rings. The fourth-order valence-electron chi connectivity index (χ4n) is 3.78. The van der Waals surface area contributed by atoms with Crippen molar-refractivity contribution >= 4 is 34.8 Å². The van der Waals surface area contributed by atoms with Gasteiger partial charge in [0.1, 0.15) is 0 Å². The molecule has 0 fully saturated rings. The third-order valence-corrected chi connectivity index (χ3v) is 6.72. The van der Waals surface area contributed by atoms with E-state index in [2.05, 4.69) is 124 Å². The average molecular weight is 496 g/mol. The van der Waals surface area contributed by atoms with Crippen LogP contribution < -0.4 is 5.30 Å². The number of hydrogen-bond donors (Lipinski definition) is 0. The molecule has 5 rings (SSSR count). The zero-order chi connectivity index (χ0) is 23.6. The van der Waals surface area contributed by atoms with E-state index in [1.165, 1.54) is 43.5 Å². The van der Waals surface area contributed by atoms with Crippen molar-refractivity contribution in [1.29, 1.82) is 0 Å². The fourth-order valence-corrected chi connectivity index (χ4v) is 4.58. The van der Waals surface area contributed by atoms with Crippen LogP contribution in [0.15, 0.2) is 122 Å². The van der Waals surface area contributed by atoms with Crippen LogP contribution in [-0.4, -0.2) is 13.3 Å². The Hall–Kier alpha value is -2.50. The van der Waals surface area contributed by atoms with E-state index >= 15 is 0 Å². The molecule has 5 aromatic carbocycles. The van der Waals surface area contributed by atoms with Crippen molar-refractivity contribution in [1.82, 2.24) is 0 Å². The Bertz CT molecular complexity index is 1290. The molecular formula is C32H33PTi. The molecule has 0 atom stereocenters. The maximum atomic E-state index is 3.46. The van der Waals surface area contributed by atoms with Gasteiger partial charge in [0.15, 0.2) is 0 Å². The van der Waals surface area contributed by atoms with Crippen LogP contribution in [0.5, 0.6) is 0 Å². The molecule has 5 aromatic rings. The average Bonchev–Trinajstić information content (AvgIpc) is 3.44. The molecule has 2 heteroatoms. The maximum Gasteiger partial charge on any atom is 2.00 e. The van der Waals surface area contributed by atoms with E-state index in [9.17, 15) is 0 Å². The summed E-state index contributed by atoms with van der Waals surface area (Å²) in [4.78, 5) is 0. The molecular weight excluding hydrogens is 463 g/mol. The smallest absolute Gasteiger partial charge is 0.165 e. The predicted octanol–water partition coefficient (Wildman–Crippen LogP) is 9.21. The predicted molar refractivity (Wildman–Crippen MR) is 153 cm³/mol. The summed E-state index contributed by atoms with van der Waals surface area (Å²) >= 11 is 0. The molecule has 0 nitrogen and oxygen atoms in total. The number of aryl methyl sites for hydroxylation is 1. The van der Waals surface area contributed by atoms with Gasteiger partial charge < -0.3 is 0 Å². The van der Waals surface area contributed by atoms with Crippen molar-refractivity contribution < 1.29 is 21.7 Å². The van der Waals surface area contributed by atoms with E-state index in [1.54, 1.807) is 6.08 Å². The van der Waals surface area contributed by atoms with Crippen molar-refractivity contribution in [3.63, 3.8) is 0 Å². The normalized spacial score (nSPS) is 10.4. The van der Waals surface area contributed by atoms with Gasteiger partial charge in [0, 0.05) is 0 Å². The monoisotopic (exact) mass is 496 g/mol. The van der Waals surface area contributed by atoms with Gasteiger partial charge in [-0.3, -0.25) is 0 Å². The molecule has 0 N–H and O–H groups in total. The number of fused-ring (bicyclic) bond motifs is 2. The van der Waals surface area contributed by atoms with E-state index < -0.39 is 0 Å². The quantitative estimate of drug-likeness (QED) is 0.101. The molecule has 0 aromatic heterocycles. The fraction of sp³-hybridized carbons (Fsp3) is 0.125. The molecule has 34 heavy (non-hydrogen) atoms. The molecule has 0 amide bonds. The zero-order valence-electron chi connectivity index (χ0n) is 20.6. The van der Waals surface area contributed by atoms with Gasteiger partial charge in [0.2, 0.25) is 0 Å². The van der Waals surface area contributed by atoms with Crippen LogP contribution in [0.2, 0.25) is 0 Å². The maximum absolute atomic E-state index is 3.46. The van der Waals surface area contributed by atoms with Gasteiger partial charge in [-0.15, -0.1) is 82.8 Å². The molecule has 170 valence electrons. The van der Waals surface area contributed by atoms with Crippen LogP contribution in [0.4, 0.5) is 0 Å². The second-order valence-corrected chi connectivity index (χ2v) is 10.5. The first kappa shape index (κ1) is 27.7. The Balaban J connectivity index is 0.000000202. The van der Waals surface area contributed by atoms with Crippen molar-refractivity contribution in [2.75, 3.05) is 13.3 Å². The Labute approximate surface area is 221 Å². The van der Waals surface area contributed by atoms with E-state index in [0.717, 1.165) is 0 Å². The topological polar surface area (TPSA) is 0 Å². The van der Waals surface area contributed by atoms with Crippen LogP contribution in [0.3, 0.4) is 0 Å². The van der Waals surface area contributed by atoms with Crippen LogP contribution in [0.1, 0.15) is 12.5 Å². The Kier molecular flexibility index (Phi) is 11.4. The molecule has 0 radical (unpaired) electrons. The van der Waals surface area contributed by atoms with Crippen LogP contribution >= 0.6 is 7.92 Å². The van der Waals surface area contributed by atoms with E-state index in [0.29, 0.717) is 0 Å². The van der Waals surface area contributed by atoms with Gasteiger partial charge >= 0.3 is 21.7 Å². The molecule has 0 unspecified atom stereocenters. The van der Waals surface area contributed by atoms with Gasteiger partial charge in [-0.25, -0.2) is 0 Å². The van der Waals surface area contributed by atoms with Crippen LogP contribution in [-0.2, 0) is 21.7 Å². The molecule has 0 saturated heterocycles. The third kappa shape index (κ3) is 7.51. The number of rotatable bonds is 3. The van der Waals surface area contributed by atoms with E-state index in [4.69, 9.17) is 0 Å². The minimum absolute atomic E-state index is 0. The Morgan fingerprint density at radius 2 is 1.47 bits per heavy atom. The van der Waals surface area contributed by atoms with Crippen molar-refractivity contribution in [2.24, 2.45) is 0 Å². The SMILES string of the molecule is C=CC=CC.CP(C)c1cc2ccccc2[cH-]1.Cc1cc2c(-c3ccccc3)cccc2[cH-]1.[Ti+2]. The Morgan fingerprint density at radius 1 is 0.794 bits per heavy atom. The zero-order valence-corrected chi connectivity index (χ0v) is 23.1. The number of allylic oxidation sites excluding steroid dienone is 3.